The number of halogens is 2. The second kappa shape index (κ2) is 14.8. The molecule has 1 fully saturated rings. The Labute approximate surface area is 246 Å². The van der Waals surface area contributed by atoms with E-state index in [9.17, 15) is 9.59 Å². The fourth-order valence-electron chi connectivity index (χ4n) is 5.06. The summed E-state index contributed by atoms with van der Waals surface area (Å²) in [7, 11) is 0. The lowest BCUT2D eigenvalue weighted by atomic mass is 9.94. The number of rotatable bonds is 11. The Morgan fingerprint density at radius 2 is 1.59 bits per heavy atom. The van der Waals surface area contributed by atoms with Crippen molar-refractivity contribution in [3.8, 4) is 0 Å². The Balaban J connectivity index is 1.59. The first kappa shape index (κ1) is 29.5. The normalized spacial score (nSPS) is 14.5. The number of thioether (sulfide) groups is 1. The van der Waals surface area contributed by atoms with Crippen LogP contribution in [0.15, 0.2) is 72.8 Å². The van der Waals surface area contributed by atoms with Gasteiger partial charge in [0.05, 0.1) is 5.75 Å². The number of aryl methyl sites for hydroxylation is 1. The van der Waals surface area contributed by atoms with Crippen molar-refractivity contribution in [1.29, 1.82) is 0 Å². The highest BCUT2D eigenvalue weighted by molar-refractivity contribution is 7.99. The van der Waals surface area contributed by atoms with Crippen molar-refractivity contribution in [2.24, 2.45) is 0 Å². The zero-order valence-electron chi connectivity index (χ0n) is 22.4. The SMILES string of the molecule is Cc1ccccc1CN(C(=O)CSCc1c(Cl)cccc1Cl)C(Cc1ccccc1)C(=O)NC1CCCCC1. The van der Waals surface area contributed by atoms with Gasteiger partial charge in [-0.1, -0.05) is 103 Å². The molecule has 206 valence electrons. The van der Waals surface area contributed by atoms with Gasteiger partial charge in [0, 0.05) is 34.8 Å². The summed E-state index contributed by atoms with van der Waals surface area (Å²) in [5.41, 5.74) is 3.98. The van der Waals surface area contributed by atoms with E-state index in [0.29, 0.717) is 28.8 Å². The molecule has 0 aromatic heterocycles. The van der Waals surface area contributed by atoms with Crippen LogP contribution in [0, 0.1) is 6.92 Å². The summed E-state index contributed by atoms with van der Waals surface area (Å²) in [4.78, 5) is 29.6. The van der Waals surface area contributed by atoms with Crippen molar-refractivity contribution in [2.75, 3.05) is 5.75 Å². The number of carbonyl (C=O) groups excluding carboxylic acids is 2. The zero-order valence-corrected chi connectivity index (χ0v) is 24.7. The summed E-state index contributed by atoms with van der Waals surface area (Å²) < 4.78 is 0. The molecule has 1 aliphatic rings. The Morgan fingerprint density at radius 3 is 2.28 bits per heavy atom. The molecule has 3 aromatic carbocycles. The van der Waals surface area contributed by atoms with E-state index in [1.807, 2.05) is 67.6 Å². The number of amides is 2. The van der Waals surface area contributed by atoms with E-state index in [4.69, 9.17) is 23.2 Å². The molecule has 1 unspecified atom stereocenters. The molecule has 1 N–H and O–H groups in total. The van der Waals surface area contributed by atoms with Gasteiger partial charge >= 0.3 is 0 Å². The molecule has 2 amide bonds. The molecule has 0 aliphatic heterocycles. The van der Waals surface area contributed by atoms with Crippen molar-refractivity contribution in [3.63, 3.8) is 0 Å². The van der Waals surface area contributed by atoms with E-state index in [1.54, 1.807) is 17.0 Å². The van der Waals surface area contributed by atoms with Gasteiger partial charge in [0.1, 0.15) is 6.04 Å². The highest BCUT2D eigenvalue weighted by Crippen LogP contribution is 2.29. The van der Waals surface area contributed by atoms with Crippen molar-refractivity contribution in [2.45, 2.75) is 69.8 Å². The maximum Gasteiger partial charge on any atom is 0.243 e. The number of nitrogens with one attached hydrogen (secondary N) is 1. The Bertz CT molecular complexity index is 1230. The summed E-state index contributed by atoms with van der Waals surface area (Å²) >= 11 is 14.2. The third-order valence-corrected chi connectivity index (χ3v) is 9.01. The van der Waals surface area contributed by atoms with Gasteiger partial charge in [-0.05, 0) is 54.2 Å². The lowest BCUT2D eigenvalue weighted by molar-refractivity contribution is -0.139. The summed E-state index contributed by atoms with van der Waals surface area (Å²) in [6, 6.07) is 23.0. The van der Waals surface area contributed by atoms with Crippen LogP contribution in [0.2, 0.25) is 10.0 Å². The molecule has 0 radical (unpaired) electrons. The number of carbonyl (C=O) groups is 2. The van der Waals surface area contributed by atoms with Crippen molar-refractivity contribution < 1.29 is 9.59 Å². The van der Waals surface area contributed by atoms with Crippen LogP contribution < -0.4 is 5.32 Å². The van der Waals surface area contributed by atoms with Gasteiger partial charge < -0.3 is 10.2 Å². The van der Waals surface area contributed by atoms with Crippen LogP contribution in [0.1, 0.15) is 54.4 Å². The first-order chi connectivity index (χ1) is 18.9. The maximum absolute atomic E-state index is 13.9. The van der Waals surface area contributed by atoms with Crippen LogP contribution in [0.5, 0.6) is 0 Å². The molecular weight excluding hydrogens is 547 g/mol. The number of hydrogen-bond acceptors (Lipinski definition) is 3. The summed E-state index contributed by atoms with van der Waals surface area (Å²) in [6.45, 7) is 2.41. The Hall–Kier alpha value is -2.47. The lowest BCUT2D eigenvalue weighted by Gasteiger charge is -2.34. The average molecular weight is 584 g/mol. The van der Waals surface area contributed by atoms with Crippen LogP contribution in [0.3, 0.4) is 0 Å². The Morgan fingerprint density at radius 1 is 0.923 bits per heavy atom. The highest BCUT2D eigenvalue weighted by Gasteiger charge is 2.32. The topological polar surface area (TPSA) is 49.4 Å². The minimum absolute atomic E-state index is 0.0770. The number of nitrogens with zero attached hydrogens (tertiary/aromatic N) is 1. The Kier molecular flexibility index (Phi) is 11.2. The standard InChI is InChI=1S/C32H36Cl2N2O2S/c1-23-11-8-9-14-25(23)20-36(31(37)22-39-21-27-28(33)17-10-18-29(27)34)30(19-24-12-4-2-5-13-24)32(38)35-26-15-6-3-7-16-26/h2,4-5,8-14,17-18,26,30H,3,6-7,15-16,19-22H2,1H3,(H,35,38). The van der Waals surface area contributed by atoms with Gasteiger partial charge in [-0.25, -0.2) is 0 Å². The second-order valence-corrected chi connectivity index (χ2v) is 12.0. The molecule has 0 bridgehead atoms. The molecule has 4 rings (SSSR count). The van der Waals surface area contributed by atoms with Gasteiger partial charge in [0.2, 0.25) is 11.8 Å². The van der Waals surface area contributed by atoms with E-state index < -0.39 is 6.04 Å². The summed E-state index contributed by atoms with van der Waals surface area (Å²) in [5.74, 6) is 0.577. The molecule has 1 atom stereocenters. The number of benzene rings is 3. The molecule has 1 aliphatic carbocycles. The van der Waals surface area contributed by atoms with Crippen molar-refractivity contribution in [1.82, 2.24) is 10.2 Å². The van der Waals surface area contributed by atoms with Crippen LogP contribution in [-0.4, -0.2) is 34.6 Å². The molecule has 0 spiro atoms. The minimum atomic E-state index is -0.620. The fraction of sp³-hybridized carbons (Fsp3) is 0.375. The van der Waals surface area contributed by atoms with E-state index in [0.717, 1.165) is 47.9 Å². The van der Waals surface area contributed by atoms with E-state index in [1.165, 1.54) is 18.2 Å². The second-order valence-electron chi connectivity index (χ2n) is 10.2. The first-order valence-electron chi connectivity index (χ1n) is 13.6. The van der Waals surface area contributed by atoms with Gasteiger partial charge in [-0.2, -0.15) is 0 Å². The minimum Gasteiger partial charge on any atom is -0.352 e. The monoisotopic (exact) mass is 582 g/mol. The van der Waals surface area contributed by atoms with Crippen LogP contribution >= 0.6 is 35.0 Å². The molecule has 4 nitrogen and oxygen atoms in total. The molecule has 0 saturated heterocycles. The van der Waals surface area contributed by atoms with Gasteiger partial charge in [-0.3, -0.25) is 9.59 Å². The maximum atomic E-state index is 13.9. The van der Waals surface area contributed by atoms with Gasteiger partial charge in [-0.15, -0.1) is 11.8 Å². The smallest absolute Gasteiger partial charge is 0.243 e. The third-order valence-electron chi connectivity index (χ3n) is 7.36. The molecule has 0 heterocycles. The highest BCUT2D eigenvalue weighted by atomic mass is 35.5. The van der Waals surface area contributed by atoms with E-state index >= 15 is 0 Å². The van der Waals surface area contributed by atoms with Crippen molar-refractivity contribution >= 4 is 46.8 Å². The first-order valence-corrected chi connectivity index (χ1v) is 15.5. The van der Waals surface area contributed by atoms with Crippen LogP contribution in [0.25, 0.3) is 0 Å². The summed E-state index contributed by atoms with van der Waals surface area (Å²) in [6.07, 6.45) is 5.90. The zero-order chi connectivity index (χ0) is 27.6. The van der Waals surface area contributed by atoms with Crippen LogP contribution in [-0.2, 0) is 28.3 Å². The van der Waals surface area contributed by atoms with Crippen LogP contribution in [0.4, 0.5) is 0 Å². The molecule has 1 saturated carbocycles. The fourth-order valence-corrected chi connectivity index (χ4v) is 6.71. The molecule has 3 aromatic rings. The molecule has 7 heteroatoms. The quantitative estimate of drug-likeness (QED) is 0.253. The average Bonchev–Trinajstić information content (AvgIpc) is 2.94. The molecule has 39 heavy (non-hydrogen) atoms. The third kappa shape index (κ3) is 8.51. The summed E-state index contributed by atoms with van der Waals surface area (Å²) in [5, 5.41) is 4.48. The predicted octanol–water partition coefficient (Wildman–Crippen LogP) is 7.62. The van der Waals surface area contributed by atoms with E-state index in [2.05, 4.69) is 5.32 Å². The van der Waals surface area contributed by atoms with Gasteiger partial charge in [0.25, 0.3) is 0 Å². The molecular formula is C32H36Cl2N2O2S. The van der Waals surface area contributed by atoms with Gasteiger partial charge in [0.15, 0.2) is 0 Å². The lowest BCUT2D eigenvalue weighted by Crippen LogP contribution is -2.53. The largest absolute Gasteiger partial charge is 0.352 e. The predicted molar refractivity (Wildman–Crippen MR) is 163 cm³/mol. The number of hydrogen-bond donors (Lipinski definition) is 1. The van der Waals surface area contributed by atoms with E-state index in [-0.39, 0.29) is 23.6 Å². The van der Waals surface area contributed by atoms with Crippen molar-refractivity contribution in [3.05, 3.63) is 105 Å².